The predicted octanol–water partition coefficient (Wildman–Crippen LogP) is 7.77. The molecule has 14 rings (SSSR count). The molecule has 0 unspecified atom stereocenters. The van der Waals surface area contributed by atoms with Gasteiger partial charge in [0.15, 0.2) is 23.0 Å². The highest BCUT2D eigenvalue weighted by molar-refractivity contribution is 8.14. The molecule has 0 amide bonds. The Hall–Kier alpha value is -11.3. The zero-order valence-corrected chi connectivity index (χ0v) is 59.4. The van der Waals surface area contributed by atoms with E-state index < -0.39 is 46.3 Å². The molecule has 12 aromatic rings. The number of hydrogen-bond donors (Lipinski definition) is 10. The number of ether oxygens (including phenoxy) is 7. The number of nitrogen functional groups attached to an aromatic ring is 2. The van der Waals surface area contributed by atoms with Crippen molar-refractivity contribution in [3.05, 3.63) is 156 Å². The first kappa shape index (κ1) is 75.9. The summed E-state index contributed by atoms with van der Waals surface area (Å²) in [5, 5.41) is 13.1. The van der Waals surface area contributed by atoms with E-state index in [0.717, 1.165) is 45.8 Å². The number of sulfonamides is 1. The minimum Gasteiger partial charge on any atom is -0.493 e. The number of nitrogens with zero attached hydrogens (tertiary/aromatic N) is 6. The summed E-state index contributed by atoms with van der Waals surface area (Å²) in [6.45, 7) is 2.23. The van der Waals surface area contributed by atoms with Gasteiger partial charge in [0, 0.05) is 134 Å². The number of aromatic carboxylic acids is 1. The molecule has 0 bridgehead atoms. The third-order valence-electron chi connectivity index (χ3n) is 15.6. The number of benzene rings is 6. The molecule has 103 heavy (non-hydrogen) atoms. The fourth-order valence-electron chi connectivity index (χ4n) is 10.5. The Labute approximate surface area is 595 Å². The zero-order chi connectivity index (χ0) is 74.8. The standard InChI is InChI=1S/C23H24N6O6S.C13H17N5O2.C10H8ClNO4S.C10H9NO2.C9H7NO2.ClHO3S/c1-33-18-7-15-17(8-19(18)34-2)26-23(27-21(15)24)29-10-13(11-29)28-36(31,32)20-9-25-16-6-12(22(30)35-3)4-5-14(16)20;1-19-10-3-8-9(4-11(10)20-2)16-13(17-12(8)15)18-5-7(14)6-18;1-16-10(13)6-2-3-7-8(4-6)12-5-9(7)17(11,14)15;1-13-10(12)8-3-2-7-4-5-11-9(7)6-8;11-9(12)7-2-1-6-3-4-10-8(6)5-7;1-5(2,3)4/h4-9,13,25,28H,10-11H2,1-3H3,(H2,24,26,27);3-4,7H,5-6,14H2,1-2H3,(H2,15,16,17);2-5,12H,1H3;2-6,11H,1H3;1-5,10H,(H,11,12);(H,2,3,4). The zero-order valence-electron chi connectivity index (χ0n) is 55.4. The Bertz CT molecular complexity index is 5520. The van der Waals surface area contributed by atoms with Crippen LogP contribution in [-0.2, 0) is 42.6 Å². The van der Waals surface area contributed by atoms with Gasteiger partial charge in [-0.25, -0.2) is 50.7 Å². The Kier molecular flexibility index (Phi) is 23.7. The number of anilines is 4. The Morgan fingerprint density at radius 3 is 1.26 bits per heavy atom. The number of aromatic amines is 4. The summed E-state index contributed by atoms with van der Waals surface area (Å²) in [6, 6.07) is 30.3. The van der Waals surface area contributed by atoms with E-state index in [1.54, 1.807) is 87.1 Å². The van der Waals surface area contributed by atoms with Gasteiger partial charge in [0.25, 0.3) is 9.05 Å². The quantitative estimate of drug-likeness (QED) is 0.0215. The highest BCUT2D eigenvalue weighted by Gasteiger charge is 2.34. The highest BCUT2D eigenvalue weighted by Crippen LogP contribution is 2.37. The molecule has 542 valence electrons. The maximum atomic E-state index is 13.1. The smallest absolute Gasteiger partial charge is 0.353 e. The van der Waals surface area contributed by atoms with Crippen molar-refractivity contribution >= 4 is 163 Å². The number of rotatable bonds is 14. The molecule has 0 aliphatic carbocycles. The summed E-state index contributed by atoms with van der Waals surface area (Å²) in [5.74, 6) is 1.76. The van der Waals surface area contributed by atoms with Gasteiger partial charge in [0.1, 0.15) is 21.4 Å². The molecule has 0 spiro atoms. The van der Waals surface area contributed by atoms with Crippen LogP contribution in [0.25, 0.3) is 65.4 Å². The molecule has 33 nitrogen and oxygen atoms in total. The SMILES string of the molecule is COC(=O)c1ccc2c(S(=O)(=O)Cl)c[nH]c2c1.COC(=O)c1ccc2c(S(=O)(=O)NC3CN(c4nc(N)c5cc(OC)c(OC)cc5n4)C3)c[nH]c2c1.COC(=O)c1ccc2cc[nH]c2c1.COc1cc2nc(N3CC(N)C3)nc(N)c2cc1OC.O=C(O)c1ccc2cc[nH]c2c1.O=S(=O)(O)Cl. The van der Waals surface area contributed by atoms with Gasteiger partial charge < -0.3 is 85.2 Å². The summed E-state index contributed by atoms with van der Waals surface area (Å²) in [4.78, 5) is 78.1. The average Bonchev–Trinajstić information content (AvgIpc) is 1.64. The number of carbonyl (C=O) groups excluding carboxylic acids is 3. The van der Waals surface area contributed by atoms with Gasteiger partial charge in [-0.2, -0.15) is 18.4 Å². The van der Waals surface area contributed by atoms with Crippen LogP contribution in [0.3, 0.4) is 0 Å². The van der Waals surface area contributed by atoms with Crippen LogP contribution in [0.15, 0.2) is 144 Å². The number of carboxylic acid groups (broad SMARTS) is 1. The monoisotopic (exact) mass is 1510 g/mol. The molecule has 2 aliphatic rings. The number of aromatic nitrogens is 8. The van der Waals surface area contributed by atoms with Crippen molar-refractivity contribution in [2.24, 2.45) is 5.73 Å². The molecule has 0 radical (unpaired) electrons. The number of H-pyrrole nitrogens is 4. The Morgan fingerprint density at radius 1 is 0.495 bits per heavy atom. The van der Waals surface area contributed by atoms with Crippen molar-refractivity contribution in [1.82, 2.24) is 44.6 Å². The van der Waals surface area contributed by atoms with Crippen LogP contribution in [0.1, 0.15) is 41.4 Å². The third-order valence-corrected chi connectivity index (χ3v) is 18.5. The molecule has 2 aliphatic heterocycles. The largest absolute Gasteiger partial charge is 0.493 e. The molecule has 2 saturated heterocycles. The number of esters is 3. The van der Waals surface area contributed by atoms with Crippen LogP contribution in [-0.4, -0.2) is 187 Å². The lowest BCUT2D eigenvalue weighted by Crippen LogP contribution is -2.59. The van der Waals surface area contributed by atoms with Gasteiger partial charge in [-0.05, 0) is 83.6 Å². The van der Waals surface area contributed by atoms with Crippen LogP contribution in [0, 0.1) is 0 Å². The minimum atomic E-state index is -4.19. The first-order valence-electron chi connectivity index (χ1n) is 30.0. The number of halogens is 2. The van der Waals surface area contributed by atoms with Gasteiger partial charge in [-0.15, -0.1) is 0 Å². The van der Waals surface area contributed by atoms with Crippen LogP contribution in [0.5, 0.6) is 23.0 Å². The number of carboxylic acids is 1. The van der Waals surface area contributed by atoms with Crippen LogP contribution < -0.4 is 50.7 Å². The molecule has 38 heteroatoms. The molecule has 2 fully saturated rings. The first-order chi connectivity index (χ1) is 48.9. The van der Waals surface area contributed by atoms with E-state index in [1.807, 2.05) is 34.2 Å². The van der Waals surface area contributed by atoms with Gasteiger partial charge in [0.05, 0.1) is 89.1 Å². The normalized spacial score (nSPS) is 12.9. The van der Waals surface area contributed by atoms with E-state index in [-0.39, 0.29) is 33.7 Å². The molecular weight excluding hydrogens is 1450 g/mol. The number of nitrogens with two attached hydrogens (primary N) is 3. The molecule has 0 saturated carbocycles. The molecule has 13 N–H and O–H groups in total. The second-order valence-corrected chi connectivity index (χ2v) is 28.4. The fraction of sp³-hybridized carbons (Fsp3) is 0.200. The number of fused-ring (bicyclic) bond motifs is 6. The second kappa shape index (κ2) is 32.2. The van der Waals surface area contributed by atoms with Crippen molar-refractivity contribution in [3.63, 3.8) is 0 Å². The average molecular weight is 1510 g/mol. The lowest BCUT2D eigenvalue weighted by molar-refractivity contribution is 0.0592. The van der Waals surface area contributed by atoms with Gasteiger partial charge in [-0.3, -0.25) is 4.55 Å². The number of carbonyl (C=O) groups is 4. The summed E-state index contributed by atoms with van der Waals surface area (Å²) in [6.07, 6.45) is 6.31. The van der Waals surface area contributed by atoms with Crippen molar-refractivity contribution in [2.75, 3.05) is 97.2 Å². The van der Waals surface area contributed by atoms with E-state index in [2.05, 4.69) is 64.8 Å². The topological polar surface area (TPSA) is 487 Å². The third kappa shape index (κ3) is 18.3. The van der Waals surface area contributed by atoms with E-state index in [1.165, 1.54) is 72.2 Å². The summed E-state index contributed by atoms with van der Waals surface area (Å²) in [7, 11) is 7.68. The van der Waals surface area contributed by atoms with E-state index in [0.29, 0.717) is 109 Å². The molecule has 6 aromatic heterocycles. The van der Waals surface area contributed by atoms with E-state index >= 15 is 0 Å². The number of methoxy groups -OCH3 is 7. The molecular formula is C65H66Cl2N14O19S3. The highest BCUT2D eigenvalue weighted by atomic mass is 35.7. The predicted molar refractivity (Wildman–Crippen MR) is 385 cm³/mol. The van der Waals surface area contributed by atoms with E-state index in [4.69, 9.17) is 69.6 Å². The minimum absolute atomic E-state index is 0.00872. The van der Waals surface area contributed by atoms with Crippen molar-refractivity contribution in [2.45, 2.75) is 21.9 Å². The Morgan fingerprint density at radius 2 is 0.864 bits per heavy atom. The van der Waals surface area contributed by atoms with Gasteiger partial charge in [0.2, 0.25) is 21.9 Å². The van der Waals surface area contributed by atoms with Crippen molar-refractivity contribution < 1.29 is 87.2 Å². The van der Waals surface area contributed by atoms with E-state index in [9.17, 15) is 36.0 Å². The molecule has 0 atom stereocenters. The molecule has 8 heterocycles. The van der Waals surface area contributed by atoms with Crippen LogP contribution >= 0.6 is 21.4 Å². The lowest BCUT2D eigenvalue weighted by Gasteiger charge is -2.39. The van der Waals surface area contributed by atoms with Gasteiger partial charge >= 0.3 is 33.2 Å². The summed E-state index contributed by atoms with van der Waals surface area (Å²) >= 11 is 0. The molecule has 6 aromatic carbocycles. The maximum absolute atomic E-state index is 13.1. The van der Waals surface area contributed by atoms with Crippen molar-refractivity contribution in [3.8, 4) is 23.0 Å². The Balaban J connectivity index is 0.000000157. The van der Waals surface area contributed by atoms with Gasteiger partial charge in [-0.1, -0.05) is 24.3 Å². The lowest BCUT2D eigenvalue weighted by atomic mass is 10.1. The number of hydrogen-bond acceptors (Lipinski definition) is 26. The fourth-order valence-corrected chi connectivity index (χ4v) is 12.9. The summed E-state index contributed by atoms with van der Waals surface area (Å²) < 4.78 is 112. The second-order valence-electron chi connectivity index (χ2n) is 22.2. The maximum Gasteiger partial charge on any atom is 0.353 e. The summed E-state index contributed by atoms with van der Waals surface area (Å²) in [5.41, 5.74) is 23.6. The van der Waals surface area contributed by atoms with Crippen LogP contribution in [0.2, 0.25) is 0 Å². The first-order valence-corrected chi connectivity index (χ1v) is 36.1. The number of nitrogens with one attached hydrogen (secondary N) is 5. The van der Waals surface area contributed by atoms with Crippen LogP contribution in [0.4, 0.5) is 23.5 Å². The van der Waals surface area contributed by atoms with Crippen molar-refractivity contribution in [1.29, 1.82) is 0 Å².